The highest BCUT2D eigenvalue weighted by Crippen LogP contribution is 2.18. The molecule has 0 atom stereocenters. The van der Waals surface area contributed by atoms with Crippen LogP contribution in [0, 0.1) is 0 Å². The minimum absolute atomic E-state index is 0.619. The van der Waals surface area contributed by atoms with Crippen molar-refractivity contribution in [1.82, 2.24) is 10.1 Å². The van der Waals surface area contributed by atoms with Crippen molar-refractivity contribution in [2.45, 2.75) is 32.9 Å². The van der Waals surface area contributed by atoms with E-state index in [4.69, 9.17) is 4.52 Å². The van der Waals surface area contributed by atoms with Gasteiger partial charge in [0.1, 0.15) is 6.26 Å². The van der Waals surface area contributed by atoms with E-state index in [1.54, 1.807) is 6.26 Å². The lowest BCUT2D eigenvalue weighted by Crippen LogP contribution is -2.35. The molecular weight excluding hydrogens is 152 g/mol. The molecule has 0 N–H and O–H groups in total. The number of nitrogens with zero attached hydrogens (tertiary/aromatic N) is 2. The number of hydrogen-bond acceptors (Lipinski definition) is 3. The molecule has 66 valence electrons. The van der Waals surface area contributed by atoms with Crippen molar-refractivity contribution in [3.05, 3.63) is 17.5 Å². The fourth-order valence-electron chi connectivity index (χ4n) is 1.60. The summed E-state index contributed by atoms with van der Waals surface area (Å²) in [5.74, 6) is 0. The monoisotopic (exact) mass is 166 g/mol. The van der Waals surface area contributed by atoms with Crippen molar-refractivity contribution in [2.24, 2.45) is 0 Å². The quantitative estimate of drug-likeness (QED) is 0.632. The van der Waals surface area contributed by atoms with Crippen LogP contribution in [0.5, 0.6) is 0 Å². The van der Waals surface area contributed by atoms with Gasteiger partial charge in [0, 0.05) is 31.1 Å². The predicted molar refractivity (Wildman–Crippen MR) is 45.8 cm³/mol. The highest BCUT2D eigenvalue weighted by atomic mass is 16.5. The van der Waals surface area contributed by atoms with Gasteiger partial charge in [-0.25, -0.2) is 0 Å². The van der Waals surface area contributed by atoms with Crippen LogP contribution in [0.4, 0.5) is 0 Å². The zero-order chi connectivity index (χ0) is 8.55. The molecular formula is C9H14N2O. The minimum atomic E-state index is 0.619. The zero-order valence-corrected chi connectivity index (χ0v) is 7.58. The summed E-state index contributed by atoms with van der Waals surface area (Å²) >= 11 is 0. The second-order valence-corrected chi connectivity index (χ2v) is 3.60. The van der Waals surface area contributed by atoms with Crippen molar-refractivity contribution in [3.8, 4) is 0 Å². The maximum atomic E-state index is 4.92. The maximum absolute atomic E-state index is 4.92. The molecule has 0 unspecified atom stereocenters. The van der Waals surface area contributed by atoms with Crippen molar-refractivity contribution in [2.75, 3.05) is 6.54 Å². The molecule has 1 aromatic rings. The van der Waals surface area contributed by atoms with Crippen LogP contribution in [0.15, 0.2) is 10.8 Å². The lowest BCUT2D eigenvalue weighted by Gasteiger charge is -2.28. The van der Waals surface area contributed by atoms with Crippen LogP contribution in [0.1, 0.15) is 25.1 Å². The maximum Gasteiger partial charge on any atom is 0.128 e. The van der Waals surface area contributed by atoms with Gasteiger partial charge in [0.25, 0.3) is 0 Å². The largest absolute Gasteiger partial charge is 0.364 e. The van der Waals surface area contributed by atoms with Gasteiger partial charge < -0.3 is 4.52 Å². The van der Waals surface area contributed by atoms with Gasteiger partial charge >= 0.3 is 0 Å². The van der Waals surface area contributed by atoms with E-state index in [9.17, 15) is 0 Å². The van der Waals surface area contributed by atoms with E-state index in [0.717, 1.165) is 25.2 Å². The van der Waals surface area contributed by atoms with Gasteiger partial charge in [0.2, 0.25) is 0 Å². The van der Waals surface area contributed by atoms with Crippen LogP contribution < -0.4 is 0 Å². The molecule has 0 radical (unpaired) electrons. The van der Waals surface area contributed by atoms with Gasteiger partial charge in [-0.3, -0.25) is 4.90 Å². The third-order valence-electron chi connectivity index (χ3n) is 2.47. The summed E-state index contributed by atoms with van der Waals surface area (Å²) in [6, 6.07) is 0.619. The van der Waals surface area contributed by atoms with E-state index in [-0.39, 0.29) is 0 Å². The van der Waals surface area contributed by atoms with E-state index in [2.05, 4.69) is 23.9 Å². The Morgan fingerprint density at radius 1 is 1.58 bits per heavy atom. The topological polar surface area (TPSA) is 29.3 Å². The van der Waals surface area contributed by atoms with Gasteiger partial charge in [-0.2, -0.15) is 0 Å². The van der Waals surface area contributed by atoms with E-state index < -0.39 is 0 Å². The SMILES string of the molecule is CC(C)N1CCc2nocc2C1. The van der Waals surface area contributed by atoms with Crippen molar-refractivity contribution >= 4 is 0 Å². The highest BCUT2D eigenvalue weighted by Gasteiger charge is 2.20. The summed E-state index contributed by atoms with van der Waals surface area (Å²) in [5, 5.41) is 3.95. The Balaban J connectivity index is 2.15. The van der Waals surface area contributed by atoms with Gasteiger partial charge in [-0.15, -0.1) is 0 Å². The Bertz CT molecular complexity index is 267. The number of hydrogen-bond donors (Lipinski definition) is 0. The van der Waals surface area contributed by atoms with Crippen LogP contribution in [-0.2, 0) is 13.0 Å². The molecule has 2 rings (SSSR count). The first-order chi connectivity index (χ1) is 5.77. The number of fused-ring (bicyclic) bond motifs is 1. The third kappa shape index (κ3) is 1.25. The molecule has 1 aliphatic rings. The zero-order valence-electron chi connectivity index (χ0n) is 7.58. The van der Waals surface area contributed by atoms with Gasteiger partial charge in [0.05, 0.1) is 5.69 Å². The Morgan fingerprint density at radius 2 is 2.42 bits per heavy atom. The second kappa shape index (κ2) is 2.90. The second-order valence-electron chi connectivity index (χ2n) is 3.60. The van der Waals surface area contributed by atoms with Crippen LogP contribution in [-0.4, -0.2) is 22.6 Å². The fraction of sp³-hybridized carbons (Fsp3) is 0.667. The van der Waals surface area contributed by atoms with Crippen molar-refractivity contribution in [3.63, 3.8) is 0 Å². The summed E-state index contributed by atoms with van der Waals surface area (Å²) in [6.07, 6.45) is 2.80. The Hall–Kier alpha value is -0.830. The smallest absolute Gasteiger partial charge is 0.128 e. The Morgan fingerprint density at radius 3 is 3.17 bits per heavy atom. The number of aromatic nitrogens is 1. The molecule has 0 aliphatic carbocycles. The fourth-order valence-corrected chi connectivity index (χ4v) is 1.60. The highest BCUT2D eigenvalue weighted by molar-refractivity contribution is 5.17. The summed E-state index contributed by atoms with van der Waals surface area (Å²) in [4.78, 5) is 2.43. The van der Waals surface area contributed by atoms with Crippen LogP contribution in [0.25, 0.3) is 0 Å². The van der Waals surface area contributed by atoms with E-state index in [1.165, 1.54) is 5.56 Å². The molecule has 0 fully saturated rings. The van der Waals surface area contributed by atoms with Crippen LogP contribution >= 0.6 is 0 Å². The lowest BCUT2D eigenvalue weighted by molar-refractivity contribution is 0.203. The summed E-state index contributed by atoms with van der Waals surface area (Å²) in [5.41, 5.74) is 2.40. The summed E-state index contributed by atoms with van der Waals surface area (Å²) in [6.45, 7) is 6.55. The summed E-state index contributed by atoms with van der Waals surface area (Å²) < 4.78 is 4.92. The average Bonchev–Trinajstić information content (AvgIpc) is 2.49. The van der Waals surface area contributed by atoms with E-state index >= 15 is 0 Å². The molecule has 0 saturated carbocycles. The van der Waals surface area contributed by atoms with Crippen LogP contribution in [0.2, 0.25) is 0 Å². The molecule has 0 aromatic carbocycles. The first-order valence-corrected chi connectivity index (χ1v) is 4.43. The Labute approximate surface area is 72.3 Å². The first-order valence-electron chi connectivity index (χ1n) is 4.43. The molecule has 3 heteroatoms. The van der Waals surface area contributed by atoms with E-state index in [0.29, 0.717) is 6.04 Å². The molecule has 0 amide bonds. The van der Waals surface area contributed by atoms with Gasteiger partial charge in [-0.05, 0) is 13.8 Å². The summed E-state index contributed by atoms with van der Waals surface area (Å²) in [7, 11) is 0. The molecule has 2 heterocycles. The molecule has 1 aliphatic heterocycles. The molecule has 1 aromatic heterocycles. The molecule has 12 heavy (non-hydrogen) atoms. The molecule has 0 bridgehead atoms. The van der Waals surface area contributed by atoms with Gasteiger partial charge in [-0.1, -0.05) is 5.16 Å². The molecule has 3 nitrogen and oxygen atoms in total. The number of rotatable bonds is 1. The van der Waals surface area contributed by atoms with Crippen LogP contribution in [0.3, 0.4) is 0 Å². The molecule has 0 spiro atoms. The van der Waals surface area contributed by atoms with E-state index in [1.807, 2.05) is 0 Å². The standard InChI is InChI=1S/C9H14N2O/c1-7(2)11-4-3-9-8(5-11)6-12-10-9/h6-7H,3-5H2,1-2H3. The minimum Gasteiger partial charge on any atom is -0.364 e. The third-order valence-corrected chi connectivity index (χ3v) is 2.47. The Kier molecular flexibility index (Phi) is 1.89. The first kappa shape index (κ1) is 7.80. The van der Waals surface area contributed by atoms with Crippen molar-refractivity contribution in [1.29, 1.82) is 0 Å². The lowest BCUT2D eigenvalue weighted by atomic mass is 10.1. The van der Waals surface area contributed by atoms with Crippen molar-refractivity contribution < 1.29 is 4.52 Å². The predicted octanol–water partition coefficient (Wildman–Crippen LogP) is 1.44. The average molecular weight is 166 g/mol. The molecule has 0 saturated heterocycles. The normalized spacial score (nSPS) is 18.2. The van der Waals surface area contributed by atoms with Gasteiger partial charge in [0.15, 0.2) is 0 Å².